The van der Waals surface area contributed by atoms with E-state index in [0.29, 0.717) is 22.9 Å². The first-order valence-corrected chi connectivity index (χ1v) is 13.3. The number of nitrogens with zero attached hydrogens (tertiary/aromatic N) is 2. The topological polar surface area (TPSA) is 91.8 Å². The molecule has 192 valence electrons. The van der Waals surface area contributed by atoms with Crippen LogP contribution in [0.15, 0.2) is 42.5 Å². The van der Waals surface area contributed by atoms with Gasteiger partial charge in [0.15, 0.2) is 5.78 Å². The van der Waals surface area contributed by atoms with E-state index in [9.17, 15) is 14.7 Å². The molecular formula is C29H31N3O4S. The number of rotatable bonds is 7. The zero-order valence-corrected chi connectivity index (χ0v) is 22.2. The lowest BCUT2D eigenvalue weighted by Gasteiger charge is -2.29. The molecule has 1 aliphatic rings. The number of nitrogens with one attached hydrogen (secondary N) is 1. The zero-order valence-electron chi connectivity index (χ0n) is 21.3. The number of benzene rings is 2. The molecule has 37 heavy (non-hydrogen) atoms. The molecule has 1 amide bonds. The van der Waals surface area contributed by atoms with E-state index in [1.165, 1.54) is 11.3 Å². The fourth-order valence-corrected chi connectivity index (χ4v) is 6.45. The molecular weight excluding hydrogens is 486 g/mol. The highest BCUT2D eigenvalue weighted by atomic mass is 32.1. The number of pyridine rings is 1. The number of thiophene rings is 1. The van der Waals surface area contributed by atoms with Crippen molar-refractivity contribution in [3.8, 4) is 0 Å². The Hall–Kier alpha value is -3.17. The maximum absolute atomic E-state index is 13.5. The number of carbonyl (C=O) groups is 2. The highest BCUT2D eigenvalue weighted by Gasteiger charge is 2.23. The van der Waals surface area contributed by atoms with Gasteiger partial charge in [0, 0.05) is 47.8 Å². The van der Waals surface area contributed by atoms with Gasteiger partial charge in [-0.2, -0.15) is 0 Å². The summed E-state index contributed by atoms with van der Waals surface area (Å²) in [6, 6.07) is 13.6. The van der Waals surface area contributed by atoms with E-state index >= 15 is 0 Å². The molecule has 0 spiro atoms. The van der Waals surface area contributed by atoms with E-state index in [-0.39, 0.29) is 17.8 Å². The van der Waals surface area contributed by atoms with Crippen LogP contribution in [0.3, 0.4) is 0 Å². The quantitative estimate of drug-likeness (QED) is 0.323. The van der Waals surface area contributed by atoms with Crippen LogP contribution in [0, 0.1) is 6.92 Å². The lowest BCUT2D eigenvalue weighted by atomic mass is 10.0. The van der Waals surface area contributed by atoms with Gasteiger partial charge in [-0.05, 0) is 61.6 Å². The van der Waals surface area contributed by atoms with Gasteiger partial charge in [-0.3, -0.25) is 14.5 Å². The van der Waals surface area contributed by atoms with E-state index in [1.807, 2.05) is 43.3 Å². The molecule has 3 heterocycles. The molecule has 8 heteroatoms. The van der Waals surface area contributed by atoms with Crippen LogP contribution in [0.25, 0.3) is 21.0 Å². The minimum Gasteiger partial charge on any atom is -0.393 e. The molecule has 0 aliphatic carbocycles. The molecule has 4 aromatic rings. The Balaban J connectivity index is 1.50. The van der Waals surface area contributed by atoms with Crippen LogP contribution in [0.5, 0.6) is 0 Å². The Morgan fingerprint density at radius 1 is 1.16 bits per heavy atom. The molecule has 2 aromatic carbocycles. The number of amides is 1. The third-order valence-electron chi connectivity index (χ3n) is 7.04. The Morgan fingerprint density at radius 3 is 2.65 bits per heavy atom. The largest absolute Gasteiger partial charge is 0.393 e. The Morgan fingerprint density at radius 2 is 1.92 bits per heavy atom. The van der Waals surface area contributed by atoms with Gasteiger partial charge in [0.05, 0.1) is 23.1 Å². The van der Waals surface area contributed by atoms with Crippen LogP contribution in [0.4, 0.5) is 5.82 Å². The molecule has 0 bridgehead atoms. The summed E-state index contributed by atoms with van der Waals surface area (Å²) in [5, 5.41) is 14.9. The van der Waals surface area contributed by atoms with E-state index in [2.05, 4.69) is 16.3 Å². The summed E-state index contributed by atoms with van der Waals surface area (Å²) in [7, 11) is 1.63. The minimum absolute atomic E-state index is 0.0340. The molecule has 0 unspecified atom stereocenters. The fourth-order valence-electron chi connectivity index (χ4n) is 5.14. The fraction of sp³-hybridized carbons (Fsp3) is 0.345. The second-order valence-electron chi connectivity index (χ2n) is 9.67. The average Bonchev–Trinajstić information content (AvgIpc) is 3.23. The summed E-state index contributed by atoms with van der Waals surface area (Å²) in [4.78, 5) is 33.4. The van der Waals surface area contributed by atoms with Gasteiger partial charge in [0.1, 0.15) is 5.82 Å². The minimum atomic E-state index is -0.244. The summed E-state index contributed by atoms with van der Waals surface area (Å²) in [6.07, 6.45) is 1.31. The summed E-state index contributed by atoms with van der Waals surface area (Å²) >= 11 is 1.33. The van der Waals surface area contributed by atoms with E-state index in [4.69, 9.17) is 9.72 Å². The van der Waals surface area contributed by atoms with Crippen molar-refractivity contribution in [2.45, 2.75) is 45.9 Å². The third-order valence-corrected chi connectivity index (χ3v) is 8.37. The highest BCUT2D eigenvalue weighted by molar-refractivity contribution is 7.21. The summed E-state index contributed by atoms with van der Waals surface area (Å²) in [6.45, 7) is 6.26. The molecule has 0 saturated carbocycles. The van der Waals surface area contributed by atoms with Crippen LogP contribution in [0.1, 0.15) is 56.5 Å². The number of aliphatic hydroxyl groups excluding tert-OH is 1. The Bertz CT molecular complexity index is 1490. The van der Waals surface area contributed by atoms with E-state index < -0.39 is 0 Å². The van der Waals surface area contributed by atoms with Crippen LogP contribution >= 0.6 is 11.3 Å². The smallest absolute Gasteiger partial charge is 0.267 e. The van der Waals surface area contributed by atoms with Gasteiger partial charge in [-0.1, -0.05) is 24.3 Å². The SMILES string of the molecule is COCc1ccc(C(C)=O)c2sc(C(=O)Nc3cc(CN4CCC(O)CC4)c4ccccc4n3)c(C)c12. The number of anilines is 1. The number of piperidine rings is 1. The van der Waals surface area contributed by atoms with Crippen LogP contribution < -0.4 is 5.32 Å². The molecule has 7 nitrogen and oxygen atoms in total. The number of aromatic nitrogens is 1. The third kappa shape index (κ3) is 5.15. The molecule has 0 atom stereocenters. The van der Waals surface area contributed by atoms with E-state index in [1.54, 1.807) is 14.0 Å². The maximum atomic E-state index is 13.5. The molecule has 0 radical (unpaired) electrons. The summed E-state index contributed by atoms with van der Waals surface area (Å²) < 4.78 is 6.18. The van der Waals surface area contributed by atoms with Crippen molar-refractivity contribution >= 4 is 49.8 Å². The summed E-state index contributed by atoms with van der Waals surface area (Å²) in [5.41, 5.74) is 4.31. The molecule has 2 aromatic heterocycles. The first-order chi connectivity index (χ1) is 17.9. The molecule has 2 N–H and O–H groups in total. The number of ether oxygens (including phenoxy) is 1. The van der Waals surface area contributed by atoms with Crippen molar-refractivity contribution in [2.75, 3.05) is 25.5 Å². The number of ketones is 1. The lowest BCUT2D eigenvalue weighted by molar-refractivity contribution is 0.0794. The first kappa shape index (κ1) is 25.5. The number of methoxy groups -OCH3 is 1. The van der Waals surface area contributed by atoms with Crippen molar-refractivity contribution < 1.29 is 19.4 Å². The van der Waals surface area contributed by atoms with Gasteiger partial charge >= 0.3 is 0 Å². The van der Waals surface area contributed by atoms with Crippen molar-refractivity contribution in [3.05, 3.63) is 69.6 Å². The van der Waals surface area contributed by atoms with Crippen LogP contribution in [-0.2, 0) is 17.9 Å². The van der Waals surface area contributed by atoms with Crippen molar-refractivity contribution in [1.29, 1.82) is 0 Å². The van der Waals surface area contributed by atoms with Crippen molar-refractivity contribution in [2.24, 2.45) is 0 Å². The predicted octanol–water partition coefficient (Wildman–Crippen LogP) is 5.32. The second kappa shape index (κ2) is 10.7. The number of likely N-dealkylation sites (tertiary alicyclic amines) is 1. The Labute approximate surface area is 220 Å². The Kier molecular flexibility index (Phi) is 7.35. The van der Waals surface area contributed by atoms with Crippen molar-refractivity contribution in [3.63, 3.8) is 0 Å². The standard InChI is InChI=1S/C29H31N3O4S/c1-17-26-19(16-36-3)8-9-22(18(2)33)28(26)37-27(17)29(35)31-25-14-20(15-32-12-10-21(34)11-13-32)23-6-4-5-7-24(23)30-25/h4-9,14,21,34H,10-13,15-16H2,1-3H3,(H,30,31,35). The van der Waals surface area contributed by atoms with Gasteiger partial charge in [0.2, 0.25) is 0 Å². The number of hydrogen-bond acceptors (Lipinski definition) is 7. The lowest BCUT2D eigenvalue weighted by Crippen LogP contribution is -2.35. The second-order valence-corrected chi connectivity index (χ2v) is 10.7. The summed E-state index contributed by atoms with van der Waals surface area (Å²) in [5.74, 6) is 0.219. The van der Waals surface area contributed by atoms with Crippen LogP contribution in [0.2, 0.25) is 0 Å². The zero-order chi connectivity index (χ0) is 26.1. The molecule has 1 fully saturated rings. The first-order valence-electron chi connectivity index (χ1n) is 12.5. The molecule has 1 saturated heterocycles. The number of aryl methyl sites for hydroxylation is 1. The van der Waals surface area contributed by atoms with Gasteiger partial charge in [0.25, 0.3) is 5.91 Å². The molecule has 1 aliphatic heterocycles. The van der Waals surface area contributed by atoms with Crippen LogP contribution in [-0.4, -0.2) is 53.0 Å². The van der Waals surface area contributed by atoms with Gasteiger partial charge < -0.3 is 15.2 Å². The maximum Gasteiger partial charge on any atom is 0.267 e. The normalized spacial score (nSPS) is 14.9. The predicted molar refractivity (Wildman–Crippen MR) is 147 cm³/mol. The number of para-hydroxylation sites is 1. The number of carbonyl (C=O) groups excluding carboxylic acids is 2. The number of fused-ring (bicyclic) bond motifs is 2. The van der Waals surface area contributed by atoms with Gasteiger partial charge in [-0.15, -0.1) is 11.3 Å². The van der Waals surface area contributed by atoms with Crippen molar-refractivity contribution in [1.82, 2.24) is 9.88 Å². The highest BCUT2D eigenvalue weighted by Crippen LogP contribution is 2.37. The number of Topliss-reactive ketones (excluding diaryl/α,β-unsaturated/α-hetero) is 1. The molecule has 5 rings (SSSR count). The number of aliphatic hydroxyl groups is 1. The van der Waals surface area contributed by atoms with E-state index in [0.717, 1.165) is 70.2 Å². The number of hydrogen-bond donors (Lipinski definition) is 2. The van der Waals surface area contributed by atoms with Gasteiger partial charge in [-0.25, -0.2) is 4.98 Å². The monoisotopic (exact) mass is 517 g/mol. The average molecular weight is 518 g/mol.